The number of alkyl halides is 3. The lowest BCUT2D eigenvalue weighted by atomic mass is 9.70. The fourth-order valence-corrected chi connectivity index (χ4v) is 5.31. The zero-order valence-corrected chi connectivity index (χ0v) is 17.8. The topological polar surface area (TPSA) is 82.3 Å². The highest BCUT2D eigenvalue weighted by Crippen LogP contribution is 2.53. The Hall–Kier alpha value is -3.14. The minimum Gasteiger partial charge on any atom is -0.373 e. The molecule has 4 heterocycles. The molecule has 1 aliphatic carbocycles. The van der Waals surface area contributed by atoms with E-state index >= 15 is 0 Å². The van der Waals surface area contributed by atoms with Crippen molar-refractivity contribution in [1.82, 2.24) is 19.5 Å². The fraction of sp³-hybridized carbons (Fsp3) is 0.435. The smallest absolute Gasteiger partial charge is 0.373 e. The van der Waals surface area contributed by atoms with E-state index in [9.17, 15) is 18.3 Å². The molecule has 5 atom stereocenters. The number of nitrogens with zero attached hydrogens (tertiary/aromatic N) is 5. The molecule has 0 spiro atoms. The van der Waals surface area contributed by atoms with Crippen LogP contribution >= 0.6 is 0 Å². The Kier molecular flexibility index (Phi) is 4.45. The molecule has 0 bridgehead atoms. The Morgan fingerprint density at radius 1 is 1.18 bits per heavy atom. The van der Waals surface area contributed by atoms with Gasteiger partial charge in [-0.3, -0.25) is 4.57 Å². The van der Waals surface area contributed by atoms with Gasteiger partial charge in [0.15, 0.2) is 5.69 Å². The number of benzene rings is 1. The first kappa shape index (κ1) is 20.5. The van der Waals surface area contributed by atoms with E-state index < -0.39 is 18.1 Å². The van der Waals surface area contributed by atoms with Crippen molar-refractivity contribution in [1.29, 1.82) is 0 Å². The number of aromatic amines is 1. The second-order valence-corrected chi connectivity index (χ2v) is 9.23. The van der Waals surface area contributed by atoms with Crippen molar-refractivity contribution >= 4 is 28.8 Å². The van der Waals surface area contributed by atoms with Gasteiger partial charge in [0.25, 0.3) is 0 Å². The van der Waals surface area contributed by atoms with Crippen LogP contribution in [0.25, 0.3) is 16.9 Å². The molecule has 7 nitrogen and oxygen atoms in total. The summed E-state index contributed by atoms with van der Waals surface area (Å²) in [6.07, 6.45) is 4.62. The average molecular weight is 456 g/mol. The number of nitrogens with one attached hydrogen (secondary N) is 1. The number of rotatable bonds is 4. The summed E-state index contributed by atoms with van der Waals surface area (Å²) in [5.74, 6) is 1.09. The van der Waals surface area contributed by atoms with Crippen LogP contribution in [0, 0.1) is 23.7 Å². The summed E-state index contributed by atoms with van der Waals surface area (Å²) in [6.45, 7) is 2.04. The molecule has 10 heteroatoms. The number of anilines is 1. The van der Waals surface area contributed by atoms with E-state index in [1.54, 1.807) is 6.33 Å². The summed E-state index contributed by atoms with van der Waals surface area (Å²) in [6, 6.07) is 5.96. The molecule has 33 heavy (non-hydrogen) atoms. The van der Waals surface area contributed by atoms with Gasteiger partial charge in [-0.15, -0.1) is 0 Å². The van der Waals surface area contributed by atoms with Crippen LogP contribution in [0.1, 0.15) is 25.5 Å². The molecule has 1 saturated heterocycles. The molecule has 0 amide bonds. The molecule has 3 unspecified atom stereocenters. The zero-order valence-electron chi connectivity index (χ0n) is 17.8. The minimum absolute atomic E-state index is 0.0169. The van der Waals surface area contributed by atoms with Crippen molar-refractivity contribution in [2.24, 2.45) is 28.7 Å². The second kappa shape index (κ2) is 7.18. The van der Waals surface area contributed by atoms with Gasteiger partial charge in [-0.25, -0.2) is 15.0 Å². The quantitative estimate of drug-likeness (QED) is 0.618. The van der Waals surface area contributed by atoms with Crippen molar-refractivity contribution in [3.05, 3.63) is 48.8 Å². The van der Waals surface area contributed by atoms with Crippen LogP contribution in [0.2, 0.25) is 0 Å². The fourth-order valence-electron chi connectivity index (χ4n) is 5.31. The Bertz CT molecular complexity index is 1260. The van der Waals surface area contributed by atoms with E-state index in [0.29, 0.717) is 11.7 Å². The third-order valence-corrected chi connectivity index (χ3v) is 7.14. The van der Waals surface area contributed by atoms with Crippen LogP contribution in [0.5, 0.6) is 0 Å². The zero-order chi connectivity index (χ0) is 22.9. The number of aliphatic hydroxyl groups is 1. The van der Waals surface area contributed by atoms with Gasteiger partial charge in [0, 0.05) is 36.0 Å². The highest BCUT2D eigenvalue weighted by molar-refractivity contribution is 5.80. The summed E-state index contributed by atoms with van der Waals surface area (Å²) in [4.78, 5) is 17.4. The number of hydrogen-bond donors (Lipinski definition) is 2. The van der Waals surface area contributed by atoms with E-state index in [-0.39, 0.29) is 23.8 Å². The lowest BCUT2D eigenvalue weighted by Crippen LogP contribution is -2.68. The third-order valence-electron chi connectivity index (χ3n) is 7.14. The molecular formula is C23H23F3N6O. The summed E-state index contributed by atoms with van der Waals surface area (Å²) in [7, 11) is 0. The predicted octanol–water partition coefficient (Wildman–Crippen LogP) is 4.15. The van der Waals surface area contributed by atoms with E-state index in [2.05, 4.69) is 19.9 Å². The number of aromatic nitrogens is 4. The summed E-state index contributed by atoms with van der Waals surface area (Å²) >= 11 is 0. The minimum atomic E-state index is -4.49. The molecule has 3 aliphatic rings. The summed E-state index contributed by atoms with van der Waals surface area (Å²) in [5.41, 5.74) is 1.73. The van der Waals surface area contributed by atoms with Crippen LogP contribution in [-0.4, -0.2) is 43.1 Å². The van der Waals surface area contributed by atoms with Crippen LogP contribution in [0.15, 0.2) is 48.1 Å². The predicted molar refractivity (Wildman–Crippen MR) is 117 cm³/mol. The first-order chi connectivity index (χ1) is 15.8. The monoisotopic (exact) mass is 456 g/mol. The van der Waals surface area contributed by atoms with E-state index in [1.165, 1.54) is 4.57 Å². The van der Waals surface area contributed by atoms with Crippen molar-refractivity contribution < 1.29 is 18.3 Å². The highest BCUT2D eigenvalue weighted by Gasteiger charge is 2.57. The van der Waals surface area contributed by atoms with Crippen LogP contribution in [0.3, 0.4) is 0 Å². The van der Waals surface area contributed by atoms with Crippen LogP contribution in [0.4, 0.5) is 18.9 Å². The molecule has 1 aromatic carbocycles. The molecule has 6 rings (SSSR count). The maximum atomic E-state index is 12.9. The maximum absolute atomic E-state index is 12.9. The summed E-state index contributed by atoms with van der Waals surface area (Å²) in [5, 5.41) is 11.1. The van der Waals surface area contributed by atoms with Crippen molar-refractivity contribution in [3.63, 3.8) is 0 Å². The molecule has 2 aliphatic heterocycles. The Balaban J connectivity index is 1.29. The Morgan fingerprint density at radius 2 is 2.00 bits per heavy atom. The van der Waals surface area contributed by atoms with Crippen molar-refractivity contribution in [2.45, 2.75) is 38.2 Å². The van der Waals surface area contributed by atoms with Gasteiger partial charge in [-0.05, 0) is 49.0 Å². The van der Waals surface area contributed by atoms with Gasteiger partial charge >= 0.3 is 6.18 Å². The first-order valence-corrected chi connectivity index (χ1v) is 11.1. The number of halogens is 3. The largest absolute Gasteiger partial charge is 0.434 e. The summed E-state index contributed by atoms with van der Waals surface area (Å²) < 4.78 is 40.1. The second-order valence-electron chi connectivity index (χ2n) is 9.23. The van der Waals surface area contributed by atoms with Gasteiger partial charge in [0.05, 0.1) is 17.4 Å². The number of imidazole rings is 2. The number of aliphatic imine (C=N–C) groups is 1. The van der Waals surface area contributed by atoms with E-state index in [1.807, 2.05) is 42.3 Å². The van der Waals surface area contributed by atoms with E-state index in [4.69, 9.17) is 0 Å². The first-order valence-electron chi connectivity index (χ1n) is 11.1. The molecule has 2 aromatic heterocycles. The standard InChI is InChI=1S/C23H23F3N6O/c1-12-6-19(31-9-18(30-11-31)23(24,25)26)27-8-15(12)21-20(13-2-3-13)22(33)32(21)14-4-5-16-17(7-14)29-10-28-16/h4-13,15,20-22,33H,2-3H2,1H3,(H,28,29)/t12?,15?,20-,21+,22?/m0/s1. The number of aliphatic hydroxyl groups excluding tert-OH is 1. The Labute approximate surface area is 187 Å². The lowest BCUT2D eigenvalue weighted by molar-refractivity contribution is -0.140. The van der Waals surface area contributed by atoms with E-state index in [0.717, 1.165) is 42.1 Å². The third kappa shape index (κ3) is 3.35. The van der Waals surface area contributed by atoms with Gasteiger partial charge in [-0.2, -0.15) is 13.2 Å². The van der Waals surface area contributed by atoms with Gasteiger partial charge < -0.3 is 15.0 Å². The number of allylic oxidation sites excluding steroid dienone is 1. The van der Waals surface area contributed by atoms with Gasteiger partial charge in [-0.1, -0.05) is 6.92 Å². The van der Waals surface area contributed by atoms with Crippen molar-refractivity contribution in [3.8, 4) is 0 Å². The lowest BCUT2D eigenvalue weighted by Gasteiger charge is -2.57. The number of H-pyrrole nitrogens is 1. The number of hydrogen-bond acceptors (Lipinski definition) is 5. The Morgan fingerprint density at radius 3 is 2.70 bits per heavy atom. The van der Waals surface area contributed by atoms with Gasteiger partial charge in [0.2, 0.25) is 0 Å². The molecule has 172 valence electrons. The van der Waals surface area contributed by atoms with Crippen LogP contribution < -0.4 is 4.90 Å². The van der Waals surface area contributed by atoms with Gasteiger partial charge in [0.1, 0.15) is 18.4 Å². The van der Waals surface area contributed by atoms with Crippen LogP contribution in [-0.2, 0) is 6.18 Å². The SMILES string of the molecule is CC1C=C(n2cnc(C(F)(F)F)c2)N=CC1[C@@H]1[C@H](C2CC2)C(O)N1c1ccc2[nH]cnc2c1. The molecule has 0 radical (unpaired) electrons. The van der Waals surface area contributed by atoms with Crippen molar-refractivity contribution in [2.75, 3.05) is 4.90 Å². The molecule has 1 saturated carbocycles. The normalized spacial score (nSPS) is 29.9. The number of fused-ring (bicyclic) bond motifs is 1. The average Bonchev–Trinajstić information content (AvgIpc) is 3.25. The molecular weight excluding hydrogens is 433 g/mol. The maximum Gasteiger partial charge on any atom is 0.434 e. The molecule has 2 N–H and O–H groups in total. The highest BCUT2D eigenvalue weighted by atomic mass is 19.4. The molecule has 2 fully saturated rings. The molecule has 3 aromatic rings.